The number of hydrogen-bond acceptors (Lipinski definition) is 4. The Hall–Kier alpha value is -2.09. The number of nitrogens with zero attached hydrogens (tertiary/aromatic N) is 1. The Morgan fingerprint density at radius 2 is 1.97 bits per heavy atom. The molecule has 1 fully saturated rings. The van der Waals surface area contributed by atoms with Crippen molar-refractivity contribution in [1.82, 2.24) is 10.6 Å². The average Bonchev–Trinajstić information content (AvgIpc) is 3.17. The van der Waals surface area contributed by atoms with E-state index in [0.29, 0.717) is 24.9 Å². The minimum Gasteiger partial charge on any atom is -0.490 e. The van der Waals surface area contributed by atoms with Gasteiger partial charge in [0.2, 0.25) is 0 Å². The molecule has 0 saturated heterocycles. The second kappa shape index (κ2) is 11.8. The summed E-state index contributed by atoms with van der Waals surface area (Å²) >= 11 is 0. The van der Waals surface area contributed by atoms with E-state index in [1.807, 2.05) is 0 Å². The predicted molar refractivity (Wildman–Crippen MR) is 110 cm³/mol. The van der Waals surface area contributed by atoms with Crippen molar-refractivity contribution >= 4 is 5.96 Å². The summed E-state index contributed by atoms with van der Waals surface area (Å²) in [7, 11) is 3.47. The number of ether oxygens (including phenoxy) is 3. The van der Waals surface area contributed by atoms with E-state index in [1.54, 1.807) is 33.2 Å². The fourth-order valence-corrected chi connectivity index (χ4v) is 3.76. The molecule has 0 spiro atoms. The smallest absolute Gasteiger partial charge is 0.387 e. The number of aliphatic imine (C=N–C) groups is 1. The first-order valence-corrected chi connectivity index (χ1v) is 10.2. The van der Waals surface area contributed by atoms with Crippen LogP contribution in [-0.2, 0) is 11.3 Å². The number of rotatable bonds is 11. The quantitative estimate of drug-likeness (QED) is 0.425. The van der Waals surface area contributed by atoms with Crippen molar-refractivity contribution < 1.29 is 23.0 Å². The summed E-state index contributed by atoms with van der Waals surface area (Å²) in [5.74, 6) is 1.05. The van der Waals surface area contributed by atoms with Crippen molar-refractivity contribution in [3.8, 4) is 11.5 Å². The third kappa shape index (κ3) is 7.34. The normalized spacial score (nSPS) is 16.1. The molecule has 0 bridgehead atoms. The van der Waals surface area contributed by atoms with E-state index in [1.165, 1.54) is 31.7 Å². The molecule has 0 radical (unpaired) electrons. The van der Waals surface area contributed by atoms with Crippen LogP contribution in [0, 0.1) is 5.41 Å². The van der Waals surface area contributed by atoms with Gasteiger partial charge in [-0.15, -0.1) is 0 Å². The lowest BCUT2D eigenvalue weighted by atomic mass is 9.83. The third-order valence-corrected chi connectivity index (χ3v) is 5.34. The van der Waals surface area contributed by atoms with Crippen LogP contribution >= 0.6 is 0 Å². The highest BCUT2D eigenvalue weighted by molar-refractivity contribution is 5.79. The van der Waals surface area contributed by atoms with Gasteiger partial charge in [0.1, 0.15) is 0 Å². The van der Waals surface area contributed by atoms with E-state index >= 15 is 0 Å². The number of halogens is 2. The summed E-state index contributed by atoms with van der Waals surface area (Å²) in [4.78, 5) is 4.30. The van der Waals surface area contributed by atoms with Crippen molar-refractivity contribution in [2.45, 2.75) is 52.2 Å². The SMILES string of the molecule is CCOc1cc(CNC(=NC)NCC2(CCOC)CCCC2)ccc1OC(F)F. The Bertz CT molecular complexity index is 650. The summed E-state index contributed by atoms with van der Waals surface area (Å²) < 4.78 is 40.3. The highest BCUT2D eigenvalue weighted by Crippen LogP contribution is 2.40. The second-order valence-electron chi connectivity index (χ2n) is 7.32. The molecule has 1 aromatic carbocycles. The number of benzene rings is 1. The van der Waals surface area contributed by atoms with E-state index in [4.69, 9.17) is 9.47 Å². The van der Waals surface area contributed by atoms with Crippen LogP contribution in [-0.4, -0.2) is 46.5 Å². The lowest BCUT2D eigenvalue weighted by Gasteiger charge is -2.30. The molecular formula is C21H33F2N3O3. The number of alkyl halides is 2. The molecule has 0 aromatic heterocycles. The standard InChI is InChI=1S/C21H33F2N3O3/c1-4-28-18-13-16(7-8-17(18)29-19(22)23)14-25-20(24-2)26-15-21(11-12-27-3)9-5-6-10-21/h7-8,13,19H,4-6,9-12,14-15H2,1-3H3,(H2,24,25,26). The molecule has 29 heavy (non-hydrogen) atoms. The van der Waals surface area contributed by atoms with Gasteiger partial charge < -0.3 is 24.8 Å². The molecule has 0 amide bonds. The Morgan fingerprint density at radius 3 is 2.59 bits per heavy atom. The third-order valence-electron chi connectivity index (χ3n) is 5.34. The van der Waals surface area contributed by atoms with E-state index < -0.39 is 6.61 Å². The largest absolute Gasteiger partial charge is 0.490 e. The number of guanidine groups is 1. The summed E-state index contributed by atoms with van der Waals surface area (Å²) in [6.45, 7) is 1.37. The molecule has 0 heterocycles. The first kappa shape index (κ1) is 23.2. The Labute approximate surface area is 172 Å². The van der Waals surface area contributed by atoms with E-state index in [9.17, 15) is 8.78 Å². The molecule has 6 nitrogen and oxygen atoms in total. The van der Waals surface area contributed by atoms with E-state index in [-0.39, 0.29) is 11.2 Å². The number of nitrogens with one attached hydrogen (secondary N) is 2. The fourth-order valence-electron chi connectivity index (χ4n) is 3.76. The van der Waals surface area contributed by atoms with Gasteiger partial charge >= 0.3 is 6.61 Å². The number of hydrogen-bond donors (Lipinski definition) is 2. The van der Waals surface area contributed by atoms with Crippen LogP contribution in [0.15, 0.2) is 23.2 Å². The van der Waals surface area contributed by atoms with Gasteiger partial charge in [-0.05, 0) is 49.3 Å². The summed E-state index contributed by atoms with van der Waals surface area (Å²) in [6.07, 6.45) is 5.94. The minimum absolute atomic E-state index is 0.0365. The highest BCUT2D eigenvalue weighted by atomic mass is 19.3. The van der Waals surface area contributed by atoms with Gasteiger partial charge in [0.25, 0.3) is 0 Å². The van der Waals surface area contributed by atoms with Gasteiger partial charge in [-0.25, -0.2) is 0 Å². The summed E-state index contributed by atoms with van der Waals surface area (Å²) in [6, 6.07) is 4.94. The Morgan fingerprint density at radius 1 is 1.21 bits per heavy atom. The van der Waals surface area contributed by atoms with Crippen molar-refractivity contribution in [2.75, 3.05) is 33.9 Å². The van der Waals surface area contributed by atoms with Crippen LogP contribution in [0.2, 0.25) is 0 Å². The maximum Gasteiger partial charge on any atom is 0.387 e. The lowest BCUT2D eigenvalue weighted by Crippen LogP contribution is -2.43. The number of methoxy groups -OCH3 is 1. The lowest BCUT2D eigenvalue weighted by molar-refractivity contribution is -0.0514. The first-order chi connectivity index (χ1) is 14.0. The van der Waals surface area contributed by atoms with Crippen LogP contribution < -0.4 is 20.1 Å². The Balaban J connectivity index is 1.93. The van der Waals surface area contributed by atoms with Crippen molar-refractivity contribution in [3.05, 3.63) is 23.8 Å². The molecule has 8 heteroatoms. The van der Waals surface area contributed by atoms with Gasteiger partial charge in [-0.3, -0.25) is 4.99 Å². The zero-order valence-electron chi connectivity index (χ0n) is 17.6. The van der Waals surface area contributed by atoms with E-state index in [2.05, 4.69) is 20.4 Å². The van der Waals surface area contributed by atoms with Gasteiger partial charge in [-0.1, -0.05) is 18.9 Å². The van der Waals surface area contributed by atoms with Crippen molar-refractivity contribution in [3.63, 3.8) is 0 Å². The summed E-state index contributed by atoms with van der Waals surface area (Å²) in [5, 5.41) is 6.71. The molecule has 164 valence electrons. The van der Waals surface area contributed by atoms with E-state index in [0.717, 1.165) is 25.1 Å². The Kier molecular flexibility index (Phi) is 9.44. The van der Waals surface area contributed by atoms with Crippen molar-refractivity contribution in [2.24, 2.45) is 10.4 Å². The minimum atomic E-state index is -2.89. The molecule has 1 aromatic rings. The maximum absolute atomic E-state index is 12.5. The van der Waals surface area contributed by atoms with Crippen LogP contribution in [0.4, 0.5) is 8.78 Å². The van der Waals surface area contributed by atoms with Gasteiger partial charge in [0.05, 0.1) is 6.61 Å². The zero-order valence-corrected chi connectivity index (χ0v) is 17.6. The van der Waals surface area contributed by atoms with Crippen LogP contribution in [0.5, 0.6) is 11.5 Å². The summed E-state index contributed by atoms with van der Waals surface area (Å²) in [5.41, 5.74) is 1.14. The molecule has 0 aliphatic heterocycles. The first-order valence-electron chi connectivity index (χ1n) is 10.2. The molecular weight excluding hydrogens is 380 g/mol. The van der Waals surface area contributed by atoms with Gasteiger partial charge in [0, 0.05) is 33.9 Å². The second-order valence-corrected chi connectivity index (χ2v) is 7.32. The maximum atomic E-state index is 12.5. The van der Waals surface area contributed by atoms with Gasteiger partial charge in [0.15, 0.2) is 17.5 Å². The van der Waals surface area contributed by atoms with Crippen LogP contribution in [0.25, 0.3) is 0 Å². The molecule has 2 rings (SSSR count). The van der Waals surface area contributed by atoms with Crippen LogP contribution in [0.3, 0.4) is 0 Å². The average molecular weight is 414 g/mol. The molecule has 1 aliphatic carbocycles. The van der Waals surface area contributed by atoms with Crippen LogP contribution in [0.1, 0.15) is 44.6 Å². The molecule has 1 aliphatic rings. The fraction of sp³-hybridized carbons (Fsp3) is 0.667. The van der Waals surface area contributed by atoms with Gasteiger partial charge in [-0.2, -0.15) is 8.78 Å². The van der Waals surface area contributed by atoms with Crippen molar-refractivity contribution in [1.29, 1.82) is 0 Å². The molecule has 1 saturated carbocycles. The molecule has 2 N–H and O–H groups in total. The molecule has 0 atom stereocenters. The zero-order chi connectivity index (χ0) is 21.1. The highest BCUT2D eigenvalue weighted by Gasteiger charge is 2.33. The predicted octanol–water partition coefficient (Wildman–Crippen LogP) is 3.95. The molecule has 0 unspecified atom stereocenters. The topological polar surface area (TPSA) is 64.1 Å². The monoisotopic (exact) mass is 413 g/mol.